The summed E-state index contributed by atoms with van der Waals surface area (Å²) in [4.78, 5) is 24.2. The molecule has 0 aliphatic heterocycles. The molecule has 1 aromatic carbocycles. The number of benzene rings is 1. The molecule has 3 rings (SSSR count). The third-order valence-corrected chi connectivity index (χ3v) is 5.24. The first-order chi connectivity index (χ1) is 9.87. The van der Waals surface area contributed by atoms with Crippen LogP contribution in [0.5, 0.6) is 0 Å². The molecule has 2 N–H and O–H groups in total. The average Bonchev–Trinajstić information content (AvgIpc) is 2.29. The van der Waals surface area contributed by atoms with E-state index in [4.69, 9.17) is 0 Å². The molecule has 1 aromatic rings. The highest BCUT2D eigenvalue weighted by molar-refractivity contribution is 6.09. The third-order valence-electron chi connectivity index (χ3n) is 5.24. The first-order valence-corrected chi connectivity index (χ1v) is 7.49. The van der Waals surface area contributed by atoms with Crippen molar-refractivity contribution in [2.24, 2.45) is 10.8 Å². The van der Waals surface area contributed by atoms with Crippen LogP contribution in [-0.2, 0) is 9.59 Å². The highest BCUT2D eigenvalue weighted by Crippen LogP contribution is 2.64. The zero-order valence-electron chi connectivity index (χ0n) is 12.5. The second kappa shape index (κ2) is 4.58. The van der Waals surface area contributed by atoms with Gasteiger partial charge in [0.2, 0.25) is 5.91 Å². The number of nitrogens with one attached hydrogen (secondary N) is 1. The van der Waals surface area contributed by atoms with Gasteiger partial charge in [-0.25, -0.2) is 0 Å². The average molecular weight is 287 g/mol. The highest BCUT2D eigenvalue weighted by Gasteiger charge is 2.65. The molecule has 0 unspecified atom stereocenters. The van der Waals surface area contributed by atoms with E-state index in [1.165, 1.54) is 0 Å². The second-order valence-electron chi connectivity index (χ2n) is 6.87. The molecule has 0 radical (unpaired) electrons. The Balaban J connectivity index is 1.78. The Labute approximate surface area is 124 Å². The van der Waals surface area contributed by atoms with Gasteiger partial charge in [0.1, 0.15) is 5.41 Å². The van der Waals surface area contributed by atoms with Gasteiger partial charge in [-0.15, -0.1) is 0 Å². The van der Waals surface area contributed by atoms with E-state index in [0.29, 0.717) is 18.5 Å². The van der Waals surface area contributed by atoms with Crippen LogP contribution in [0.4, 0.5) is 5.69 Å². The molecule has 0 saturated heterocycles. The van der Waals surface area contributed by atoms with Crippen LogP contribution < -0.4 is 5.32 Å². The van der Waals surface area contributed by atoms with Crippen molar-refractivity contribution in [2.75, 3.05) is 5.32 Å². The van der Waals surface area contributed by atoms with Gasteiger partial charge in [0.25, 0.3) is 0 Å². The molecule has 2 saturated carbocycles. The summed E-state index contributed by atoms with van der Waals surface area (Å²) >= 11 is 0. The molecule has 0 atom stereocenters. The SMILES string of the molecule is Cc1ccc(NC(=O)C2(C(=O)O)CC3(CCC3)C2)c(C)c1. The maximum absolute atomic E-state index is 12.5. The lowest BCUT2D eigenvalue weighted by Gasteiger charge is -2.58. The van der Waals surface area contributed by atoms with Crippen LogP contribution >= 0.6 is 0 Å². The first kappa shape index (κ1) is 14.1. The smallest absolute Gasteiger partial charge is 0.319 e. The van der Waals surface area contributed by atoms with Gasteiger partial charge in [0, 0.05) is 5.69 Å². The summed E-state index contributed by atoms with van der Waals surface area (Å²) < 4.78 is 0. The fourth-order valence-corrected chi connectivity index (χ4v) is 3.86. The number of rotatable bonds is 3. The quantitative estimate of drug-likeness (QED) is 0.838. The summed E-state index contributed by atoms with van der Waals surface area (Å²) in [5.41, 5.74) is 1.70. The standard InChI is InChI=1S/C17H21NO3/c1-11-4-5-13(12(2)8-11)18-14(19)17(15(20)21)9-16(10-17)6-3-7-16/h4-5,8H,3,6-7,9-10H2,1-2H3,(H,18,19)(H,20,21). The van der Waals surface area contributed by atoms with E-state index < -0.39 is 11.4 Å². The number of anilines is 1. The molecular formula is C17H21NO3. The number of amides is 1. The topological polar surface area (TPSA) is 66.4 Å². The van der Waals surface area contributed by atoms with Crippen molar-refractivity contribution >= 4 is 17.6 Å². The lowest BCUT2D eigenvalue weighted by Crippen LogP contribution is -2.59. The Kier molecular flexibility index (Phi) is 3.08. The van der Waals surface area contributed by atoms with E-state index in [0.717, 1.165) is 30.4 Å². The van der Waals surface area contributed by atoms with Gasteiger partial charge in [-0.2, -0.15) is 0 Å². The molecular weight excluding hydrogens is 266 g/mol. The van der Waals surface area contributed by atoms with Crippen LogP contribution in [0.3, 0.4) is 0 Å². The van der Waals surface area contributed by atoms with Crippen LogP contribution in [0.25, 0.3) is 0 Å². The molecule has 0 aromatic heterocycles. The maximum Gasteiger partial charge on any atom is 0.319 e. The Bertz CT molecular complexity index is 608. The Morgan fingerprint density at radius 3 is 2.33 bits per heavy atom. The van der Waals surface area contributed by atoms with E-state index in [1.54, 1.807) is 0 Å². The van der Waals surface area contributed by atoms with Gasteiger partial charge in [0.05, 0.1) is 0 Å². The lowest BCUT2D eigenvalue weighted by molar-refractivity contribution is -0.178. The number of hydrogen-bond donors (Lipinski definition) is 2. The van der Waals surface area contributed by atoms with Crippen molar-refractivity contribution in [3.63, 3.8) is 0 Å². The van der Waals surface area contributed by atoms with Gasteiger partial charge in [-0.3, -0.25) is 9.59 Å². The normalized spacial score (nSPS) is 21.2. The molecule has 2 aliphatic rings. The molecule has 2 fully saturated rings. The zero-order valence-corrected chi connectivity index (χ0v) is 12.5. The van der Waals surface area contributed by atoms with Crippen molar-refractivity contribution in [1.82, 2.24) is 0 Å². The Morgan fingerprint density at radius 2 is 1.86 bits per heavy atom. The molecule has 4 heteroatoms. The fraction of sp³-hybridized carbons (Fsp3) is 0.529. The van der Waals surface area contributed by atoms with E-state index in [9.17, 15) is 14.7 Å². The molecule has 0 bridgehead atoms. The van der Waals surface area contributed by atoms with Crippen LogP contribution in [0, 0.1) is 24.7 Å². The van der Waals surface area contributed by atoms with Gasteiger partial charge >= 0.3 is 5.97 Å². The Hall–Kier alpha value is -1.84. The van der Waals surface area contributed by atoms with Crippen LogP contribution in [0.15, 0.2) is 18.2 Å². The predicted molar refractivity (Wildman–Crippen MR) is 80.1 cm³/mol. The maximum atomic E-state index is 12.5. The monoisotopic (exact) mass is 287 g/mol. The van der Waals surface area contributed by atoms with E-state index >= 15 is 0 Å². The number of carbonyl (C=O) groups excluding carboxylic acids is 1. The van der Waals surface area contributed by atoms with Crippen LogP contribution in [-0.4, -0.2) is 17.0 Å². The number of hydrogen-bond acceptors (Lipinski definition) is 2. The van der Waals surface area contributed by atoms with Gasteiger partial charge in [0.15, 0.2) is 0 Å². The summed E-state index contributed by atoms with van der Waals surface area (Å²) in [5, 5.41) is 12.4. The predicted octanol–water partition coefficient (Wildman–Crippen LogP) is 3.28. The minimum atomic E-state index is -1.22. The number of carboxylic acids is 1. The summed E-state index contributed by atoms with van der Waals surface area (Å²) in [6.07, 6.45) is 4.28. The number of aliphatic carboxylic acids is 1. The van der Waals surface area contributed by atoms with E-state index in [1.807, 2.05) is 32.0 Å². The first-order valence-electron chi connectivity index (χ1n) is 7.49. The van der Waals surface area contributed by atoms with Crippen molar-refractivity contribution in [2.45, 2.75) is 46.0 Å². The fourth-order valence-electron chi connectivity index (χ4n) is 3.86. The number of aryl methyl sites for hydroxylation is 2. The summed E-state index contributed by atoms with van der Waals surface area (Å²) in [6, 6.07) is 5.75. The molecule has 21 heavy (non-hydrogen) atoms. The molecule has 4 nitrogen and oxygen atoms in total. The minimum absolute atomic E-state index is 0.137. The van der Waals surface area contributed by atoms with Gasteiger partial charge in [-0.05, 0) is 56.6 Å². The second-order valence-corrected chi connectivity index (χ2v) is 6.87. The van der Waals surface area contributed by atoms with Crippen LogP contribution in [0.2, 0.25) is 0 Å². The molecule has 0 heterocycles. The molecule has 2 aliphatic carbocycles. The van der Waals surface area contributed by atoms with E-state index in [2.05, 4.69) is 5.32 Å². The largest absolute Gasteiger partial charge is 0.480 e. The molecule has 112 valence electrons. The summed E-state index contributed by atoms with van der Waals surface area (Å²) in [7, 11) is 0. The highest BCUT2D eigenvalue weighted by atomic mass is 16.4. The minimum Gasteiger partial charge on any atom is -0.480 e. The number of carbonyl (C=O) groups is 2. The number of carboxylic acid groups (broad SMARTS) is 1. The van der Waals surface area contributed by atoms with Gasteiger partial charge in [-0.1, -0.05) is 24.1 Å². The third kappa shape index (κ3) is 2.13. The van der Waals surface area contributed by atoms with Crippen molar-refractivity contribution in [3.8, 4) is 0 Å². The van der Waals surface area contributed by atoms with Crippen molar-refractivity contribution in [1.29, 1.82) is 0 Å². The molecule has 1 spiro atoms. The molecule has 1 amide bonds. The lowest BCUT2D eigenvalue weighted by atomic mass is 9.45. The van der Waals surface area contributed by atoms with Crippen molar-refractivity contribution < 1.29 is 14.7 Å². The Morgan fingerprint density at radius 1 is 1.19 bits per heavy atom. The van der Waals surface area contributed by atoms with Gasteiger partial charge < -0.3 is 10.4 Å². The summed E-state index contributed by atoms with van der Waals surface area (Å²) in [6.45, 7) is 3.91. The zero-order chi connectivity index (χ0) is 15.3. The summed E-state index contributed by atoms with van der Waals surface area (Å²) in [5.74, 6) is -1.35. The van der Waals surface area contributed by atoms with Crippen molar-refractivity contribution in [3.05, 3.63) is 29.3 Å². The van der Waals surface area contributed by atoms with E-state index in [-0.39, 0.29) is 11.3 Å². The van der Waals surface area contributed by atoms with Crippen LogP contribution in [0.1, 0.15) is 43.2 Å².